The molecule has 1 heterocycles. The van der Waals surface area contributed by atoms with Crippen molar-refractivity contribution in [1.82, 2.24) is 4.90 Å². The topological polar surface area (TPSA) is 79.0 Å². The van der Waals surface area contributed by atoms with Crippen molar-refractivity contribution >= 4 is 69.7 Å². The van der Waals surface area contributed by atoms with E-state index in [0.29, 0.717) is 21.4 Å². The van der Waals surface area contributed by atoms with Gasteiger partial charge < -0.3 is 15.0 Å². The van der Waals surface area contributed by atoms with Crippen molar-refractivity contribution in [1.29, 1.82) is 0 Å². The molecule has 1 saturated heterocycles. The van der Waals surface area contributed by atoms with Crippen LogP contribution in [-0.4, -0.2) is 47.0 Å². The minimum Gasteiger partial charge on any atom is -0.465 e. The number of nitrogens with one attached hydrogen (secondary N) is 1. The summed E-state index contributed by atoms with van der Waals surface area (Å²) >= 11 is 17.3. The molecule has 2 aromatic carbocycles. The maximum atomic E-state index is 13.2. The van der Waals surface area contributed by atoms with Crippen LogP contribution >= 0.6 is 35.4 Å². The number of halogens is 2. The summed E-state index contributed by atoms with van der Waals surface area (Å²) in [6.07, 6.45) is -0.203. The van der Waals surface area contributed by atoms with E-state index in [9.17, 15) is 14.4 Å². The SMILES string of the molecule is CCOC(=O)CN1C(=S)N(c2ccc(Cl)cc2)C(=O)[C@@H]1CC(=O)Nc1ccc(Cl)cc1. The van der Waals surface area contributed by atoms with E-state index in [1.807, 2.05) is 0 Å². The van der Waals surface area contributed by atoms with Crippen LogP contribution in [0, 0.1) is 0 Å². The van der Waals surface area contributed by atoms with Gasteiger partial charge in [0.1, 0.15) is 12.6 Å². The zero-order valence-electron chi connectivity index (χ0n) is 16.5. The summed E-state index contributed by atoms with van der Waals surface area (Å²) in [4.78, 5) is 40.6. The molecule has 10 heteroatoms. The number of carbonyl (C=O) groups is 3. The average molecular weight is 480 g/mol. The molecule has 1 fully saturated rings. The van der Waals surface area contributed by atoms with E-state index in [1.54, 1.807) is 55.5 Å². The van der Waals surface area contributed by atoms with E-state index in [-0.39, 0.29) is 24.7 Å². The van der Waals surface area contributed by atoms with Gasteiger partial charge in [0, 0.05) is 15.7 Å². The van der Waals surface area contributed by atoms with Crippen LogP contribution in [0.25, 0.3) is 0 Å². The fraction of sp³-hybridized carbons (Fsp3) is 0.238. The Labute approximate surface area is 194 Å². The molecular formula is C21H19Cl2N3O4S. The third-order valence-electron chi connectivity index (χ3n) is 4.51. The minimum atomic E-state index is -0.958. The van der Waals surface area contributed by atoms with Gasteiger partial charge in [-0.2, -0.15) is 0 Å². The van der Waals surface area contributed by atoms with E-state index in [0.717, 1.165) is 0 Å². The molecule has 7 nitrogen and oxygen atoms in total. The Morgan fingerprint density at radius 2 is 1.65 bits per heavy atom. The number of hydrogen-bond donors (Lipinski definition) is 1. The van der Waals surface area contributed by atoms with E-state index >= 15 is 0 Å². The standard InChI is InChI=1S/C21H19Cl2N3O4S/c1-2-30-19(28)12-25-17(11-18(27)24-15-7-3-13(22)4-8-15)20(29)26(21(25)31)16-9-5-14(23)6-10-16/h3-10,17H,2,11-12H2,1H3,(H,24,27)/t17-/m0/s1. The van der Waals surface area contributed by atoms with E-state index < -0.39 is 23.8 Å². The molecule has 1 aliphatic heterocycles. The molecule has 1 aliphatic rings. The van der Waals surface area contributed by atoms with Crippen LogP contribution in [-0.2, 0) is 19.1 Å². The van der Waals surface area contributed by atoms with Gasteiger partial charge in [0.15, 0.2) is 5.11 Å². The normalized spacial score (nSPS) is 15.9. The highest BCUT2D eigenvalue weighted by atomic mass is 35.5. The number of amides is 2. The average Bonchev–Trinajstić information content (AvgIpc) is 2.95. The highest BCUT2D eigenvalue weighted by molar-refractivity contribution is 7.80. The lowest BCUT2D eigenvalue weighted by molar-refractivity contribution is -0.144. The zero-order valence-corrected chi connectivity index (χ0v) is 18.8. The predicted molar refractivity (Wildman–Crippen MR) is 123 cm³/mol. The maximum Gasteiger partial charge on any atom is 0.325 e. The summed E-state index contributed by atoms with van der Waals surface area (Å²) in [6, 6.07) is 12.2. The van der Waals surface area contributed by atoms with Crippen molar-refractivity contribution in [3.05, 3.63) is 58.6 Å². The summed E-state index contributed by atoms with van der Waals surface area (Å²) in [5.41, 5.74) is 1.03. The Hall–Kier alpha value is -2.68. The number of ether oxygens (including phenoxy) is 1. The van der Waals surface area contributed by atoms with E-state index in [2.05, 4.69) is 5.32 Å². The van der Waals surface area contributed by atoms with Crippen molar-refractivity contribution < 1.29 is 19.1 Å². The monoisotopic (exact) mass is 479 g/mol. The second-order valence-corrected chi connectivity index (χ2v) is 7.88. The number of thiocarbonyl (C=S) groups is 1. The van der Waals surface area contributed by atoms with Crippen LogP contribution in [0.15, 0.2) is 48.5 Å². The van der Waals surface area contributed by atoms with Crippen LogP contribution in [0.1, 0.15) is 13.3 Å². The van der Waals surface area contributed by atoms with Crippen molar-refractivity contribution in [2.24, 2.45) is 0 Å². The first-order valence-electron chi connectivity index (χ1n) is 9.41. The second-order valence-electron chi connectivity index (χ2n) is 6.64. The molecule has 0 bridgehead atoms. The van der Waals surface area contributed by atoms with Gasteiger partial charge in [-0.15, -0.1) is 0 Å². The summed E-state index contributed by atoms with van der Waals surface area (Å²) in [7, 11) is 0. The molecule has 2 amide bonds. The molecule has 0 aliphatic carbocycles. The predicted octanol–water partition coefficient (Wildman–Crippen LogP) is 3.89. The first kappa shape index (κ1) is 23.0. The molecule has 0 radical (unpaired) electrons. The third-order valence-corrected chi connectivity index (χ3v) is 5.44. The van der Waals surface area contributed by atoms with Crippen LogP contribution in [0.4, 0.5) is 11.4 Å². The Bertz CT molecular complexity index is 999. The number of hydrogen-bond acceptors (Lipinski definition) is 5. The van der Waals surface area contributed by atoms with Gasteiger partial charge in [0.2, 0.25) is 5.91 Å². The van der Waals surface area contributed by atoms with Crippen LogP contribution in [0.3, 0.4) is 0 Å². The molecule has 0 saturated carbocycles. The van der Waals surface area contributed by atoms with Gasteiger partial charge >= 0.3 is 5.97 Å². The first-order chi connectivity index (χ1) is 14.8. The van der Waals surface area contributed by atoms with Gasteiger partial charge in [-0.05, 0) is 67.7 Å². The minimum absolute atomic E-state index is 0.115. The molecule has 162 valence electrons. The lowest BCUT2D eigenvalue weighted by atomic mass is 10.1. The van der Waals surface area contributed by atoms with Crippen LogP contribution < -0.4 is 10.2 Å². The number of rotatable bonds is 7. The number of anilines is 2. The Balaban J connectivity index is 1.82. The molecule has 3 rings (SSSR count). The molecule has 1 atom stereocenters. The first-order valence-corrected chi connectivity index (χ1v) is 10.6. The zero-order chi connectivity index (χ0) is 22.5. The molecule has 0 spiro atoms. The van der Waals surface area contributed by atoms with Gasteiger partial charge in [0.25, 0.3) is 5.91 Å². The fourth-order valence-electron chi connectivity index (χ4n) is 3.11. The van der Waals surface area contributed by atoms with Crippen molar-refractivity contribution in [3.63, 3.8) is 0 Å². The smallest absolute Gasteiger partial charge is 0.325 e. The number of esters is 1. The molecule has 31 heavy (non-hydrogen) atoms. The van der Waals surface area contributed by atoms with Crippen molar-refractivity contribution in [2.75, 3.05) is 23.4 Å². The molecule has 2 aromatic rings. The maximum absolute atomic E-state index is 13.2. The second kappa shape index (κ2) is 10.1. The Morgan fingerprint density at radius 3 is 2.23 bits per heavy atom. The summed E-state index contributed by atoms with van der Waals surface area (Å²) in [5, 5.41) is 3.88. The highest BCUT2D eigenvalue weighted by Crippen LogP contribution is 2.28. The third kappa shape index (κ3) is 5.52. The number of carbonyl (C=O) groups excluding carboxylic acids is 3. The van der Waals surface area contributed by atoms with Gasteiger partial charge in [-0.3, -0.25) is 19.3 Å². The Kier molecular flexibility index (Phi) is 7.48. The van der Waals surface area contributed by atoms with E-state index in [4.69, 9.17) is 40.2 Å². The quantitative estimate of drug-likeness (QED) is 0.479. The van der Waals surface area contributed by atoms with Gasteiger partial charge in [-0.1, -0.05) is 23.2 Å². The van der Waals surface area contributed by atoms with Crippen LogP contribution in [0.5, 0.6) is 0 Å². The summed E-state index contributed by atoms with van der Waals surface area (Å²) in [6.45, 7) is 1.62. The Morgan fingerprint density at radius 1 is 1.06 bits per heavy atom. The summed E-state index contributed by atoms with van der Waals surface area (Å²) < 4.78 is 5.00. The van der Waals surface area contributed by atoms with Crippen molar-refractivity contribution in [3.8, 4) is 0 Å². The molecular weight excluding hydrogens is 461 g/mol. The molecule has 0 aromatic heterocycles. The fourth-order valence-corrected chi connectivity index (χ4v) is 3.75. The molecule has 0 unspecified atom stereocenters. The van der Waals surface area contributed by atoms with Crippen molar-refractivity contribution in [2.45, 2.75) is 19.4 Å². The highest BCUT2D eigenvalue weighted by Gasteiger charge is 2.45. The number of benzene rings is 2. The number of nitrogens with zero attached hydrogens (tertiary/aromatic N) is 2. The van der Waals surface area contributed by atoms with Gasteiger partial charge in [-0.25, -0.2) is 0 Å². The lowest BCUT2D eigenvalue weighted by Crippen LogP contribution is -2.41. The van der Waals surface area contributed by atoms with Crippen LogP contribution in [0.2, 0.25) is 10.0 Å². The largest absolute Gasteiger partial charge is 0.465 e. The lowest BCUT2D eigenvalue weighted by Gasteiger charge is -2.22. The van der Waals surface area contributed by atoms with E-state index in [1.165, 1.54) is 9.80 Å². The van der Waals surface area contributed by atoms with Gasteiger partial charge in [0.05, 0.1) is 18.7 Å². The summed E-state index contributed by atoms with van der Waals surface area (Å²) in [5.74, 6) is -1.36. The molecule has 1 N–H and O–H groups in total.